The lowest BCUT2D eigenvalue weighted by atomic mass is 9.79. The SMILES string of the molecule is CCC[C@@H]1CCN(C2CCC2)C[C@H]1CC. The Labute approximate surface area is 95.2 Å². The van der Waals surface area contributed by atoms with Crippen LogP contribution >= 0.6 is 0 Å². The second kappa shape index (κ2) is 5.34. The standard InChI is InChI=1S/C14H27N/c1-3-6-13-9-10-15(11-12(13)4-2)14-7-5-8-14/h12-14H,3-11H2,1-2H3/t12-,13-/m1/s1. The largest absolute Gasteiger partial charge is 0.300 e. The lowest BCUT2D eigenvalue weighted by molar-refractivity contribution is 0.0428. The fraction of sp³-hybridized carbons (Fsp3) is 1.00. The van der Waals surface area contributed by atoms with E-state index in [1.807, 2.05) is 0 Å². The van der Waals surface area contributed by atoms with E-state index in [0.29, 0.717) is 0 Å². The van der Waals surface area contributed by atoms with Gasteiger partial charge in [-0.25, -0.2) is 0 Å². The van der Waals surface area contributed by atoms with Crippen LogP contribution in [0.5, 0.6) is 0 Å². The Balaban J connectivity index is 1.84. The van der Waals surface area contributed by atoms with Crippen LogP contribution in [0, 0.1) is 11.8 Å². The summed E-state index contributed by atoms with van der Waals surface area (Å²) in [6.07, 6.45) is 10.2. The van der Waals surface area contributed by atoms with E-state index in [1.165, 1.54) is 58.0 Å². The molecule has 1 saturated carbocycles. The summed E-state index contributed by atoms with van der Waals surface area (Å²) >= 11 is 0. The summed E-state index contributed by atoms with van der Waals surface area (Å²) in [7, 11) is 0. The molecular formula is C14H27N. The van der Waals surface area contributed by atoms with Gasteiger partial charge in [-0.3, -0.25) is 0 Å². The van der Waals surface area contributed by atoms with E-state index in [0.717, 1.165) is 17.9 Å². The van der Waals surface area contributed by atoms with E-state index >= 15 is 0 Å². The Kier molecular flexibility index (Phi) is 4.07. The predicted molar refractivity (Wildman–Crippen MR) is 66.0 cm³/mol. The highest BCUT2D eigenvalue weighted by molar-refractivity contribution is 4.87. The van der Waals surface area contributed by atoms with Crippen LogP contribution in [0.25, 0.3) is 0 Å². The van der Waals surface area contributed by atoms with E-state index in [1.54, 1.807) is 0 Å². The molecule has 1 aliphatic carbocycles. The van der Waals surface area contributed by atoms with Crippen LogP contribution in [-0.2, 0) is 0 Å². The van der Waals surface area contributed by atoms with Crippen LogP contribution in [0.1, 0.15) is 58.8 Å². The maximum atomic E-state index is 2.80. The van der Waals surface area contributed by atoms with Gasteiger partial charge in [0.1, 0.15) is 0 Å². The summed E-state index contributed by atoms with van der Waals surface area (Å²) in [5.41, 5.74) is 0. The molecule has 0 aromatic heterocycles. The van der Waals surface area contributed by atoms with Gasteiger partial charge in [0.2, 0.25) is 0 Å². The Hall–Kier alpha value is -0.0400. The third-order valence-electron chi connectivity index (χ3n) is 4.70. The second-order valence-electron chi connectivity index (χ2n) is 5.59. The maximum absolute atomic E-state index is 2.80. The van der Waals surface area contributed by atoms with Gasteiger partial charge in [-0.15, -0.1) is 0 Å². The first-order valence-electron chi connectivity index (χ1n) is 7.09. The first kappa shape index (κ1) is 11.4. The molecule has 1 heterocycles. The average molecular weight is 209 g/mol. The molecule has 0 bridgehead atoms. The summed E-state index contributed by atoms with van der Waals surface area (Å²) in [6.45, 7) is 7.53. The highest BCUT2D eigenvalue weighted by Gasteiger charge is 2.32. The Morgan fingerprint density at radius 2 is 1.87 bits per heavy atom. The Morgan fingerprint density at radius 1 is 1.07 bits per heavy atom. The minimum Gasteiger partial charge on any atom is -0.300 e. The molecule has 1 saturated heterocycles. The van der Waals surface area contributed by atoms with Crippen molar-refractivity contribution >= 4 is 0 Å². The average Bonchev–Trinajstić information content (AvgIpc) is 2.18. The number of nitrogens with zero attached hydrogens (tertiary/aromatic N) is 1. The molecule has 88 valence electrons. The van der Waals surface area contributed by atoms with E-state index < -0.39 is 0 Å². The van der Waals surface area contributed by atoms with Gasteiger partial charge < -0.3 is 4.90 Å². The summed E-state index contributed by atoms with van der Waals surface area (Å²) < 4.78 is 0. The lowest BCUT2D eigenvalue weighted by Crippen LogP contribution is -2.48. The number of likely N-dealkylation sites (tertiary alicyclic amines) is 1. The molecule has 0 aromatic rings. The minimum atomic E-state index is 0.974. The molecule has 0 radical (unpaired) electrons. The van der Waals surface area contributed by atoms with Crippen LogP contribution in [0.15, 0.2) is 0 Å². The van der Waals surface area contributed by atoms with Crippen LogP contribution in [0.4, 0.5) is 0 Å². The van der Waals surface area contributed by atoms with Crippen molar-refractivity contribution in [2.45, 2.75) is 64.8 Å². The third kappa shape index (κ3) is 2.55. The molecule has 2 fully saturated rings. The molecule has 0 unspecified atom stereocenters. The van der Waals surface area contributed by atoms with Crippen molar-refractivity contribution in [3.63, 3.8) is 0 Å². The van der Waals surface area contributed by atoms with E-state index in [9.17, 15) is 0 Å². The highest BCUT2D eigenvalue weighted by atomic mass is 15.2. The van der Waals surface area contributed by atoms with Gasteiger partial charge in [-0.2, -0.15) is 0 Å². The van der Waals surface area contributed by atoms with Gasteiger partial charge in [0, 0.05) is 12.6 Å². The second-order valence-corrected chi connectivity index (χ2v) is 5.59. The molecule has 1 nitrogen and oxygen atoms in total. The van der Waals surface area contributed by atoms with Gasteiger partial charge >= 0.3 is 0 Å². The Morgan fingerprint density at radius 3 is 2.40 bits per heavy atom. The fourth-order valence-electron chi connectivity index (χ4n) is 3.41. The molecule has 2 atom stereocenters. The van der Waals surface area contributed by atoms with Crippen molar-refractivity contribution in [2.75, 3.05) is 13.1 Å². The molecule has 0 N–H and O–H groups in total. The van der Waals surface area contributed by atoms with Gasteiger partial charge in [0.05, 0.1) is 0 Å². The summed E-state index contributed by atoms with van der Waals surface area (Å²) in [5.74, 6) is 2.04. The molecule has 1 aliphatic heterocycles. The molecule has 0 amide bonds. The van der Waals surface area contributed by atoms with Crippen molar-refractivity contribution in [3.05, 3.63) is 0 Å². The zero-order valence-electron chi connectivity index (χ0n) is 10.5. The maximum Gasteiger partial charge on any atom is 0.00953 e. The molecular weight excluding hydrogens is 182 g/mol. The van der Waals surface area contributed by atoms with Crippen molar-refractivity contribution in [3.8, 4) is 0 Å². The van der Waals surface area contributed by atoms with Crippen LogP contribution in [0.3, 0.4) is 0 Å². The smallest absolute Gasteiger partial charge is 0.00953 e. The van der Waals surface area contributed by atoms with Crippen molar-refractivity contribution in [2.24, 2.45) is 11.8 Å². The number of hydrogen-bond donors (Lipinski definition) is 0. The zero-order valence-corrected chi connectivity index (χ0v) is 10.5. The van der Waals surface area contributed by atoms with Crippen molar-refractivity contribution in [1.82, 2.24) is 4.90 Å². The predicted octanol–water partition coefficient (Wildman–Crippen LogP) is 3.69. The highest BCUT2D eigenvalue weighted by Crippen LogP contribution is 2.34. The normalized spacial score (nSPS) is 34.0. The summed E-state index contributed by atoms with van der Waals surface area (Å²) in [4.78, 5) is 2.80. The van der Waals surface area contributed by atoms with Gasteiger partial charge in [0.25, 0.3) is 0 Å². The Bertz CT molecular complexity index is 186. The van der Waals surface area contributed by atoms with Crippen LogP contribution < -0.4 is 0 Å². The molecule has 0 spiro atoms. The van der Waals surface area contributed by atoms with E-state index in [-0.39, 0.29) is 0 Å². The van der Waals surface area contributed by atoms with E-state index in [4.69, 9.17) is 0 Å². The monoisotopic (exact) mass is 209 g/mol. The quantitative estimate of drug-likeness (QED) is 0.682. The minimum absolute atomic E-state index is 0.974. The molecule has 2 rings (SSSR count). The number of hydrogen-bond acceptors (Lipinski definition) is 1. The van der Waals surface area contributed by atoms with Crippen molar-refractivity contribution in [1.29, 1.82) is 0 Å². The molecule has 15 heavy (non-hydrogen) atoms. The lowest BCUT2D eigenvalue weighted by Gasteiger charge is -2.45. The third-order valence-corrected chi connectivity index (χ3v) is 4.70. The number of piperidine rings is 1. The summed E-state index contributed by atoms with van der Waals surface area (Å²) in [6, 6.07) is 0.974. The van der Waals surface area contributed by atoms with Gasteiger partial charge in [0.15, 0.2) is 0 Å². The molecule has 1 heteroatoms. The van der Waals surface area contributed by atoms with Gasteiger partial charge in [-0.1, -0.05) is 39.5 Å². The zero-order chi connectivity index (χ0) is 10.7. The van der Waals surface area contributed by atoms with Crippen molar-refractivity contribution < 1.29 is 0 Å². The summed E-state index contributed by atoms with van der Waals surface area (Å²) in [5, 5.41) is 0. The molecule has 2 aliphatic rings. The first-order valence-corrected chi connectivity index (χ1v) is 7.09. The van der Waals surface area contributed by atoms with Crippen LogP contribution in [-0.4, -0.2) is 24.0 Å². The molecule has 0 aromatic carbocycles. The van der Waals surface area contributed by atoms with E-state index in [2.05, 4.69) is 18.7 Å². The van der Waals surface area contributed by atoms with Gasteiger partial charge in [-0.05, 0) is 37.6 Å². The van der Waals surface area contributed by atoms with Crippen LogP contribution in [0.2, 0.25) is 0 Å². The fourth-order valence-corrected chi connectivity index (χ4v) is 3.41. The first-order chi connectivity index (χ1) is 7.35. The topological polar surface area (TPSA) is 3.24 Å². The number of rotatable bonds is 4.